The summed E-state index contributed by atoms with van der Waals surface area (Å²) in [6.45, 7) is 3.64. The predicted octanol–water partition coefficient (Wildman–Crippen LogP) is 4.13. The fourth-order valence-corrected chi connectivity index (χ4v) is 2.90. The lowest BCUT2D eigenvalue weighted by molar-refractivity contribution is -0.123. The second-order valence-electron chi connectivity index (χ2n) is 6.36. The molecule has 3 aromatic rings. The number of anilines is 1. The third-order valence-electron chi connectivity index (χ3n) is 4.22. The molecule has 0 aliphatic rings. The van der Waals surface area contributed by atoms with Gasteiger partial charge in [-0.1, -0.05) is 18.5 Å². The van der Waals surface area contributed by atoms with Crippen molar-refractivity contribution in [2.24, 2.45) is 0 Å². The highest BCUT2D eigenvalue weighted by Crippen LogP contribution is 2.20. The van der Waals surface area contributed by atoms with Gasteiger partial charge in [-0.3, -0.25) is 9.59 Å². The summed E-state index contributed by atoms with van der Waals surface area (Å²) in [5.41, 5.74) is 1.43. The smallest absolute Gasteiger partial charge is 0.271 e. The maximum absolute atomic E-state index is 13.1. The van der Waals surface area contributed by atoms with Crippen LogP contribution >= 0.6 is 11.6 Å². The largest absolute Gasteiger partial charge is 0.463 e. The van der Waals surface area contributed by atoms with Gasteiger partial charge in [0, 0.05) is 22.8 Å². The van der Waals surface area contributed by atoms with Gasteiger partial charge < -0.3 is 10.1 Å². The fraction of sp³-hybridized carbons (Fsp3) is 0.190. The summed E-state index contributed by atoms with van der Waals surface area (Å²) in [5, 5.41) is 7.53. The van der Waals surface area contributed by atoms with Crippen LogP contribution in [-0.2, 0) is 4.79 Å². The normalized spacial score (nSPS) is 11.7. The zero-order valence-electron chi connectivity index (χ0n) is 15.9. The van der Waals surface area contributed by atoms with Crippen molar-refractivity contribution < 1.29 is 13.9 Å². The zero-order valence-corrected chi connectivity index (χ0v) is 16.6. The summed E-state index contributed by atoms with van der Waals surface area (Å²) in [5.74, 6) is -0.669. The van der Waals surface area contributed by atoms with Gasteiger partial charge in [0.25, 0.3) is 11.5 Å². The van der Waals surface area contributed by atoms with Crippen molar-refractivity contribution in [3.05, 3.63) is 81.4 Å². The first-order chi connectivity index (χ1) is 13.9. The molecule has 1 aromatic heterocycles. The van der Waals surface area contributed by atoms with Gasteiger partial charge in [-0.2, -0.15) is 4.68 Å². The standard InChI is InChI=1S/C21H19ClFN3O3/c1-3-18(21(28)24-17-9-4-14(22)12-13(17)2)29-19-10-11-20(27)26(25-19)16-7-5-15(23)6-8-16/h4-12,18H,3H2,1-2H3,(H,24,28)/t18-/m0/s1. The van der Waals surface area contributed by atoms with Crippen LogP contribution in [-0.4, -0.2) is 21.8 Å². The SMILES string of the molecule is CC[C@H](Oc1ccc(=O)n(-c2ccc(F)cc2)n1)C(=O)Nc1ccc(Cl)cc1C. The van der Waals surface area contributed by atoms with Gasteiger partial charge in [0.15, 0.2) is 6.10 Å². The molecule has 0 fully saturated rings. The number of hydrogen-bond acceptors (Lipinski definition) is 4. The van der Waals surface area contributed by atoms with E-state index in [0.717, 1.165) is 10.2 Å². The molecule has 2 aromatic carbocycles. The van der Waals surface area contributed by atoms with Gasteiger partial charge in [0.2, 0.25) is 5.88 Å². The van der Waals surface area contributed by atoms with Gasteiger partial charge in [0.1, 0.15) is 5.82 Å². The van der Waals surface area contributed by atoms with Crippen molar-refractivity contribution in [3.8, 4) is 11.6 Å². The predicted molar refractivity (Wildman–Crippen MR) is 109 cm³/mol. The van der Waals surface area contributed by atoms with E-state index in [2.05, 4.69) is 10.4 Å². The molecule has 0 saturated carbocycles. The van der Waals surface area contributed by atoms with Gasteiger partial charge in [-0.15, -0.1) is 5.10 Å². The number of nitrogens with one attached hydrogen (secondary N) is 1. The van der Waals surface area contributed by atoms with E-state index in [9.17, 15) is 14.0 Å². The molecule has 29 heavy (non-hydrogen) atoms. The van der Waals surface area contributed by atoms with Gasteiger partial charge in [0.05, 0.1) is 5.69 Å². The van der Waals surface area contributed by atoms with Crippen LogP contribution < -0.4 is 15.6 Å². The third-order valence-corrected chi connectivity index (χ3v) is 4.45. The number of aromatic nitrogens is 2. The minimum Gasteiger partial charge on any atom is -0.463 e. The summed E-state index contributed by atoms with van der Waals surface area (Å²) in [6.07, 6.45) is -0.438. The van der Waals surface area contributed by atoms with Crippen LogP contribution in [0.1, 0.15) is 18.9 Å². The minimum absolute atomic E-state index is 0.101. The molecule has 1 heterocycles. The molecular formula is C21H19ClFN3O3. The molecule has 0 saturated heterocycles. The molecule has 150 valence electrons. The first kappa shape index (κ1) is 20.5. The molecule has 1 amide bonds. The second-order valence-corrected chi connectivity index (χ2v) is 6.80. The molecule has 1 atom stereocenters. The number of aryl methyl sites for hydroxylation is 1. The molecule has 1 N–H and O–H groups in total. The molecule has 0 spiro atoms. The van der Waals surface area contributed by atoms with E-state index in [-0.39, 0.29) is 11.8 Å². The lowest BCUT2D eigenvalue weighted by atomic mass is 10.2. The highest BCUT2D eigenvalue weighted by atomic mass is 35.5. The Labute approximate surface area is 171 Å². The summed E-state index contributed by atoms with van der Waals surface area (Å²) in [7, 11) is 0. The van der Waals surface area contributed by atoms with E-state index >= 15 is 0 Å². The number of carbonyl (C=O) groups excluding carboxylic acids is 1. The van der Waals surface area contributed by atoms with Crippen LogP contribution in [0.2, 0.25) is 5.02 Å². The van der Waals surface area contributed by atoms with Crippen molar-refractivity contribution in [1.29, 1.82) is 0 Å². The van der Waals surface area contributed by atoms with E-state index in [1.54, 1.807) is 25.1 Å². The summed E-state index contributed by atoms with van der Waals surface area (Å²) in [4.78, 5) is 24.8. The van der Waals surface area contributed by atoms with Crippen LogP contribution in [0.5, 0.6) is 5.88 Å². The monoisotopic (exact) mass is 415 g/mol. The number of benzene rings is 2. The Morgan fingerprint density at radius 2 is 1.93 bits per heavy atom. The molecule has 0 radical (unpaired) electrons. The van der Waals surface area contributed by atoms with Crippen LogP contribution in [0, 0.1) is 12.7 Å². The number of hydrogen-bond donors (Lipinski definition) is 1. The third kappa shape index (κ3) is 5.00. The molecule has 8 heteroatoms. The Balaban J connectivity index is 1.79. The van der Waals surface area contributed by atoms with E-state index in [1.165, 1.54) is 36.4 Å². The van der Waals surface area contributed by atoms with Crippen LogP contribution in [0.25, 0.3) is 5.69 Å². The fourth-order valence-electron chi connectivity index (χ4n) is 2.67. The summed E-state index contributed by atoms with van der Waals surface area (Å²) < 4.78 is 19.9. The molecule has 0 aliphatic carbocycles. The average Bonchev–Trinajstić information content (AvgIpc) is 2.70. The molecule has 3 rings (SSSR count). The molecule has 0 aliphatic heterocycles. The van der Waals surface area contributed by atoms with E-state index in [4.69, 9.17) is 16.3 Å². The van der Waals surface area contributed by atoms with Crippen molar-refractivity contribution in [2.75, 3.05) is 5.32 Å². The summed E-state index contributed by atoms with van der Waals surface area (Å²) in [6, 6.07) is 13.1. The molecule has 0 bridgehead atoms. The summed E-state index contributed by atoms with van der Waals surface area (Å²) >= 11 is 5.94. The van der Waals surface area contributed by atoms with Gasteiger partial charge in [-0.25, -0.2) is 4.39 Å². The van der Waals surface area contributed by atoms with E-state index < -0.39 is 17.5 Å². The number of nitrogens with zero attached hydrogens (tertiary/aromatic N) is 2. The number of ether oxygens (including phenoxy) is 1. The number of amides is 1. The quantitative estimate of drug-likeness (QED) is 0.657. The number of rotatable bonds is 6. The Morgan fingerprint density at radius 1 is 1.21 bits per heavy atom. The Bertz CT molecular complexity index is 1080. The second kappa shape index (κ2) is 8.87. The maximum Gasteiger partial charge on any atom is 0.271 e. The lowest BCUT2D eigenvalue weighted by Crippen LogP contribution is -2.33. The Kier molecular flexibility index (Phi) is 6.29. The van der Waals surface area contributed by atoms with E-state index in [0.29, 0.717) is 22.8 Å². The topological polar surface area (TPSA) is 73.2 Å². The van der Waals surface area contributed by atoms with Crippen LogP contribution in [0.15, 0.2) is 59.4 Å². The van der Waals surface area contributed by atoms with E-state index in [1.807, 2.05) is 6.92 Å². The van der Waals surface area contributed by atoms with Gasteiger partial charge >= 0.3 is 0 Å². The van der Waals surface area contributed by atoms with Crippen molar-refractivity contribution >= 4 is 23.2 Å². The zero-order chi connectivity index (χ0) is 21.0. The number of carbonyl (C=O) groups is 1. The molecule has 0 unspecified atom stereocenters. The highest BCUT2D eigenvalue weighted by Gasteiger charge is 2.20. The number of halogens is 2. The Morgan fingerprint density at radius 3 is 2.59 bits per heavy atom. The van der Waals surface area contributed by atoms with Crippen molar-refractivity contribution in [3.63, 3.8) is 0 Å². The first-order valence-electron chi connectivity index (χ1n) is 8.97. The molecule has 6 nitrogen and oxygen atoms in total. The Hall–Kier alpha value is -3.19. The van der Waals surface area contributed by atoms with Crippen LogP contribution in [0.3, 0.4) is 0 Å². The highest BCUT2D eigenvalue weighted by molar-refractivity contribution is 6.30. The average molecular weight is 416 g/mol. The van der Waals surface area contributed by atoms with Crippen molar-refractivity contribution in [2.45, 2.75) is 26.4 Å². The van der Waals surface area contributed by atoms with Gasteiger partial charge in [-0.05, 0) is 61.4 Å². The maximum atomic E-state index is 13.1. The van der Waals surface area contributed by atoms with Crippen molar-refractivity contribution in [1.82, 2.24) is 9.78 Å². The molecular weight excluding hydrogens is 397 g/mol. The lowest BCUT2D eigenvalue weighted by Gasteiger charge is -2.18. The first-order valence-corrected chi connectivity index (χ1v) is 9.35. The minimum atomic E-state index is -0.822. The van der Waals surface area contributed by atoms with Crippen LogP contribution in [0.4, 0.5) is 10.1 Å².